The van der Waals surface area contributed by atoms with Crippen molar-refractivity contribution >= 4 is 51.9 Å². The van der Waals surface area contributed by atoms with Crippen LogP contribution in [0.3, 0.4) is 0 Å². The van der Waals surface area contributed by atoms with Gasteiger partial charge in [-0.3, -0.25) is 0 Å². The van der Waals surface area contributed by atoms with Gasteiger partial charge in [-0.25, -0.2) is 19.0 Å². The van der Waals surface area contributed by atoms with Crippen LogP contribution >= 0.6 is 23.2 Å². The maximum absolute atomic E-state index is 14.3. The second-order valence-corrected chi connectivity index (χ2v) is 6.72. The summed E-state index contributed by atoms with van der Waals surface area (Å²) in [5.74, 6) is 0.102. The average Bonchev–Trinajstić information content (AvgIpc) is 3.02. The second-order valence-electron chi connectivity index (χ2n) is 5.90. The molecule has 0 atom stereocenters. The molecule has 0 saturated carbocycles. The van der Waals surface area contributed by atoms with E-state index in [1.807, 2.05) is 0 Å². The molecule has 10 heteroatoms. The quantitative estimate of drug-likeness (QED) is 0.247. The first-order valence-corrected chi connectivity index (χ1v) is 8.73. The number of aromatic nitrogens is 3. The molecule has 3 aromatic rings. The Hall–Kier alpha value is -3.10. The van der Waals surface area contributed by atoms with E-state index < -0.39 is 5.82 Å². The highest BCUT2D eigenvalue weighted by molar-refractivity contribution is 6.38. The zero-order chi connectivity index (χ0) is 20.4. The van der Waals surface area contributed by atoms with Crippen LogP contribution in [0.4, 0.5) is 15.9 Å². The fourth-order valence-corrected chi connectivity index (χ4v) is 3.21. The molecule has 7 nitrogen and oxygen atoms in total. The maximum Gasteiger partial charge on any atom is 0.169 e. The first kappa shape index (κ1) is 19.7. The molecule has 2 aromatic heterocycles. The Morgan fingerprint density at radius 3 is 2.64 bits per heavy atom. The minimum atomic E-state index is -0.602. The molecule has 2 heterocycles. The molecule has 0 fully saturated rings. The van der Waals surface area contributed by atoms with Crippen LogP contribution in [0.1, 0.15) is 6.92 Å². The number of anilines is 2. The molecule has 0 aliphatic heterocycles. The Morgan fingerprint density at radius 1 is 1.36 bits per heavy atom. The van der Waals surface area contributed by atoms with E-state index >= 15 is 0 Å². The summed E-state index contributed by atoms with van der Waals surface area (Å²) in [6, 6.07) is 3.07. The number of aliphatic imine (C=N–C) groups is 1. The molecule has 28 heavy (non-hydrogen) atoms. The van der Waals surface area contributed by atoms with Crippen molar-refractivity contribution in [1.82, 2.24) is 14.8 Å². The van der Waals surface area contributed by atoms with E-state index in [0.717, 1.165) is 18.1 Å². The summed E-state index contributed by atoms with van der Waals surface area (Å²) in [4.78, 5) is 8.11. The number of rotatable bonds is 5. The molecule has 0 aliphatic rings. The smallest absolute Gasteiger partial charge is 0.169 e. The first-order valence-electron chi connectivity index (χ1n) is 7.97. The van der Waals surface area contributed by atoms with Crippen LogP contribution in [0.25, 0.3) is 16.6 Å². The van der Waals surface area contributed by atoms with E-state index in [4.69, 9.17) is 34.7 Å². The van der Waals surface area contributed by atoms with Crippen molar-refractivity contribution in [2.24, 2.45) is 10.7 Å². The van der Waals surface area contributed by atoms with Crippen molar-refractivity contribution < 1.29 is 4.39 Å². The highest BCUT2D eigenvalue weighted by Crippen LogP contribution is 2.33. The number of nitrogen functional groups attached to an aromatic ring is 1. The van der Waals surface area contributed by atoms with Crippen LogP contribution < -0.4 is 16.8 Å². The third-order valence-electron chi connectivity index (χ3n) is 3.61. The summed E-state index contributed by atoms with van der Waals surface area (Å²) in [5.41, 5.74) is 12.7. The van der Waals surface area contributed by atoms with Crippen molar-refractivity contribution in [2.75, 3.05) is 11.1 Å². The number of nitrogens with zero attached hydrogens (tertiary/aromatic N) is 4. The Kier molecular flexibility index (Phi) is 5.53. The summed E-state index contributed by atoms with van der Waals surface area (Å²) < 4.78 is 15.7. The number of nitrogens with two attached hydrogens (primary N) is 2. The van der Waals surface area contributed by atoms with Crippen LogP contribution in [0.2, 0.25) is 10.0 Å². The van der Waals surface area contributed by atoms with E-state index in [1.54, 1.807) is 19.2 Å². The van der Waals surface area contributed by atoms with Crippen LogP contribution in [-0.4, -0.2) is 21.1 Å². The number of hydrogen-bond acceptors (Lipinski definition) is 5. The third-order valence-corrected chi connectivity index (χ3v) is 4.19. The van der Waals surface area contributed by atoms with Gasteiger partial charge in [0.2, 0.25) is 0 Å². The fourth-order valence-electron chi connectivity index (χ4n) is 2.53. The zero-order valence-electron chi connectivity index (χ0n) is 14.7. The van der Waals surface area contributed by atoms with Gasteiger partial charge in [-0.05, 0) is 25.1 Å². The van der Waals surface area contributed by atoms with Crippen molar-refractivity contribution in [3.63, 3.8) is 0 Å². The van der Waals surface area contributed by atoms with E-state index in [9.17, 15) is 4.39 Å². The fraction of sp³-hybridized carbons (Fsp3) is 0.0556. The number of hydrogen-bond donors (Lipinski definition) is 3. The third kappa shape index (κ3) is 3.92. The summed E-state index contributed by atoms with van der Waals surface area (Å²) in [6.45, 7) is 5.59. The molecule has 3 rings (SSSR count). The van der Waals surface area contributed by atoms with Crippen molar-refractivity contribution in [1.29, 1.82) is 0 Å². The predicted octanol–water partition coefficient (Wildman–Crippen LogP) is 4.27. The van der Waals surface area contributed by atoms with Crippen molar-refractivity contribution in [2.45, 2.75) is 6.92 Å². The Bertz CT molecular complexity index is 1110. The lowest BCUT2D eigenvalue weighted by atomic mass is 10.2. The van der Waals surface area contributed by atoms with Crippen molar-refractivity contribution in [3.8, 4) is 5.69 Å². The van der Waals surface area contributed by atoms with Gasteiger partial charge in [0.05, 0.1) is 28.0 Å². The number of pyridine rings is 1. The molecule has 5 N–H and O–H groups in total. The summed E-state index contributed by atoms with van der Waals surface area (Å²) in [5, 5.41) is 8.19. The van der Waals surface area contributed by atoms with E-state index in [2.05, 4.69) is 27.0 Å². The van der Waals surface area contributed by atoms with Gasteiger partial charge >= 0.3 is 0 Å². The standard InChI is InChI=1S/C18H16Cl2FN7/c1-9(2)3-15(25-8-22)26-18-11-7-28(27-16(11)14(21)6-24-18)17-12(19)4-10(23)5-13(17)20/h3-8H,1,23H2,2H3,(H2,22,25)(H,24,26)/b15-3+. The lowest BCUT2D eigenvalue weighted by Gasteiger charge is -2.08. The van der Waals surface area contributed by atoms with Gasteiger partial charge in [0, 0.05) is 11.9 Å². The molecule has 0 amide bonds. The number of allylic oxidation sites excluding steroid dienone is 2. The lowest BCUT2D eigenvalue weighted by Crippen LogP contribution is -2.03. The number of fused-ring (bicyclic) bond motifs is 1. The van der Waals surface area contributed by atoms with Gasteiger partial charge in [-0.15, -0.1) is 0 Å². The van der Waals surface area contributed by atoms with Crippen LogP contribution in [0, 0.1) is 5.82 Å². The number of benzene rings is 1. The Labute approximate surface area is 170 Å². The van der Waals surface area contributed by atoms with Gasteiger partial charge in [-0.2, -0.15) is 5.10 Å². The highest BCUT2D eigenvalue weighted by Gasteiger charge is 2.17. The normalized spacial score (nSPS) is 12.1. The highest BCUT2D eigenvalue weighted by atomic mass is 35.5. The molecule has 0 aliphatic carbocycles. The molecular formula is C18H16Cl2FN7. The Balaban J connectivity index is 2.16. The predicted molar refractivity (Wildman–Crippen MR) is 112 cm³/mol. The molecular weight excluding hydrogens is 404 g/mol. The first-order chi connectivity index (χ1) is 13.3. The van der Waals surface area contributed by atoms with Crippen LogP contribution in [0.15, 0.2) is 53.6 Å². The molecule has 1 aromatic carbocycles. The molecule has 0 spiro atoms. The zero-order valence-corrected chi connectivity index (χ0v) is 16.3. The summed E-state index contributed by atoms with van der Waals surface area (Å²) in [6.07, 6.45) is 5.40. The van der Waals surface area contributed by atoms with E-state index in [-0.39, 0.29) is 15.6 Å². The second kappa shape index (κ2) is 7.87. The van der Waals surface area contributed by atoms with Crippen molar-refractivity contribution in [3.05, 3.63) is 64.4 Å². The molecule has 0 unspecified atom stereocenters. The van der Waals surface area contributed by atoms with Gasteiger partial charge in [0.15, 0.2) is 5.82 Å². The summed E-state index contributed by atoms with van der Waals surface area (Å²) >= 11 is 12.5. The molecule has 0 saturated heterocycles. The van der Waals surface area contributed by atoms with Gasteiger partial charge in [0.25, 0.3) is 0 Å². The van der Waals surface area contributed by atoms with Gasteiger partial charge in [0.1, 0.15) is 22.8 Å². The minimum absolute atomic E-state index is 0.0767. The molecule has 0 bridgehead atoms. The molecule has 144 valence electrons. The molecule has 0 radical (unpaired) electrons. The van der Waals surface area contributed by atoms with Gasteiger partial charge < -0.3 is 16.8 Å². The maximum atomic E-state index is 14.3. The van der Waals surface area contributed by atoms with Gasteiger partial charge in [-0.1, -0.05) is 35.4 Å². The van der Waals surface area contributed by atoms with Crippen LogP contribution in [-0.2, 0) is 0 Å². The van der Waals surface area contributed by atoms with Crippen LogP contribution in [0.5, 0.6) is 0 Å². The van der Waals surface area contributed by atoms with E-state index in [0.29, 0.717) is 28.4 Å². The lowest BCUT2D eigenvalue weighted by molar-refractivity contribution is 0.629. The topological polar surface area (TPSA) is 107 Å². The number of halogens is 3. The van der Waals surface area contributed by atoms with E-state index in [1.165, 1.54) is 16.8 Å². The summed E-state index contributed by atoms with van der Waals surface area (Å²) in [7, 11) is 0. The minimum Gasteiger partial charge on any atom is -0.399 e. The SMILES string of the molecule is C=C(C)/C=C(\N=C/N)Nc1ncc(F)c2nn(-c3c(Cl)cc(N)cc3Cl)cc12. The monoisotopic (exact) mass is 419 g/mol. The Morgan fingerprint density at radius 2 is 2.04 bits per heavy atom. The largest absolute Gasteiger partial charge is 0.399 e. The number of nitrogens with one attached hydrogen (secondary N) is 1. The average molecular weight is 420 g/mol.